The third-order valence-electron chi connectivity index (χ3n) is 2.16. The van der Waals surface area contributed by atoms with Crippen LogP contribution in [0.2, 0.25) is 0 Å². The van der Waals surface area contributed by atoms with E-state index >= 15 is 0 Å². The maximum Gasteiger partial charge on any atom is 0.213 e. The van der Waals surface area contributed by atoms with E-state index in [-0.39, 0.29) is 11.6 Å². The maximum absolute atomic E-state index is 5.94. The van der Waals surface area contributed by atoms with E-state index in [1.807, 2.05) is 45.9 Å². The fourth-order valence-corrected chi connectivity index (χ4v) is 1.35. The first-order chi connectivity index (χ1) is 7.37. The molecule has 0 bridgehead atoms. The van der Waals surface area contributed by atoms with Gasteiger partial charge in [0, 0.05) is 17.3 Å². The van der Waals surface area contributed by atoms with Gasteiger partial charge >= 0.3 is 0 Å². The van der Waals surface area contributed by atoms with Crippen LogP contribution in [0.5, 0.6) is 5.88 Å². The minimum absolute atomic E-state index is 0.142. The lowest BCUT2D eigenvalue weighted by Crippen LogP contribution is -2.32. The van der Waals surface area contributed by atoms with Crippen LogP contribution in [-0.4, -0.2) is 16.6 Å². The fraction of sp³-hybridized carbons (Fsp3) is 0.615. The van der Waals surface area contributed by atoms with Crippen molar-refractivity contribution in [3.8, 4) is 5.88 Å². The second kappa shape index (κ2) is 5.30. The summed E-state index contributed by atoms with van der Waals surface area (Å²) in [6.45, 7) is 8.05. The summed E-state index contributed by atoms with van der Waals surface area (Å²) < 4.78 is 5.54. The van der Waals surface area contributed by atoms with Gasteiger partial charge in [-0.1, -0.05) is 6.07 Å². The van der Waals surface area contributed by atoms with Crippen LogP contribution in [0.1, 0.15) is 39.8 Å². The van der Waals surface area contributed by atoms with Crippen molar-refractivity contribution in [3.63, 3.8) is 0 Å². The Morgan fingerprint density at radius 1 is 1.38 bits per heavy atom. The van der Waals surface area contributed by atoms with E-state index in [0.717, 1.165) is 18.5 Å². The Morgan fingerprint density at radius 3 is 2.62 bits per heavy atom. The SMILES string of the molecule is CC(C)Oc1cccc(CCC(C)(C)N)n1. The second-order valence-corrected chi connectivity index (χ2v) is 5.12. The normalized spacial score (nSPS) is 11.9. The Kier molecular flexibility index (Phi) is 4.30. The number of rotatable bonds is 5. The molecule has 3 heteroatoms. The van der Waals surface area contributed by atoms with Crippen LogP contribution in [0.25, 0.3) is 0 Å². The smallest absolute Gasteiger partial charge is 0.213 e. The van der Waals surface area contributed by atoms with Crippen molar-refractivity contribution >= 4 is 0 Å². The summed E-state index contributed by atoms with van der Waals surface area (Å²) in [5, 5.41) is 0. The molecular weight excluding hydrogens is 200 g/mol. The summed E-state index contributed by atoms with van der Waals surface area (Å²) in [6.07, 6.45) is 1.97. The van der Waals surface area contributed by atoms with Crippen molar-refractivity contribution in [2.24, 2.45) is 5.73 Å². The van der Waals surface area contributed by atoms with Gasteiger partial charge in [-0.05, 0) is 46.6 Å². The number of pyridine rings is 1. The minimum Gasteiger partial charge on any atom is -0.475 e. The molecule has 0 amide bonds. The molecule has 0 aliphatic rings. The van der Waals surface area contributed by atoms with E-state index in [2.05, 4.69) is 4.98 Å². The molecule has 0 atom stereocenters. The van der Waals surface area contributed by atoms with Gasteiger partial charge in [0.05, 0.1) is 6.10 Å². The molecule has 1 rings (SSSR count). The Labute approximate surface area is 98.0 Å². The average molecular weight is 222 g/mol. The van der Waals surface area contributed by atoms with Crippen molar-refractivity contribution in [2.45, 2.75) is 52.2 Å². The van der Waals surface area contributed by atoms with Crippen molar-refractivity contribution in [1.29, 1.82) is 0 Å². The molecule has 3 nitrogen and oxygen atoms in total. The third kappa shape index (κ3) is 5.12. The topological polar surface area (TPSA) is 48.1 Å². The van der Waals surface area contributed by atoms with Crippen LogP contribution in [0, 0.1) is 0 Å². The Hall–Kier alpha value is -1.09. The lowest BCUT2D eigenvalue weighted by atomic mass is 9.99. The van der Waals surface area contributed by atoms with Gasteiger partial charge in [-0.25, -0.2) is 4.98 Å². The van der Waals surface area contributed by atoms with E-state index in [0.29, 0.717) is 5.88 Å². The number of nitrogens with two attached hydrogens (primary N) is 1. The summed E-state index contributed by atoms with van der Waals surface area (Å²) >= 11 is 0. The zero-order valence-corrected chi connectivity index (χ0v) is 10.7. The average Bonchev–Trinajstić information content (AvgIpc) is 2.13. The van der Waals surface area contributed by atoms with Crippen LogP contribution >= 0.6 is 0 Å². The van der Waals surface area contributed by atoms with Gasteiger partial charge in [-0.2, -0.15) is 0 Å². The predicted octanol–water partition coefficient (Wildman–Crippen LogP) is 2.54. The number of hydrogen-bond donors (Lipinski definition) is 1. The fourth-order valence-electron chi connectivity index (χ4n) is 1.35. The summed E-state index contributed by atoms with van der Waals surface area (Å²) in [6, 6.07) is 5.87. The molecule has 0 radical (unpaired) electrons. The largest absolute Gasteiger partial charge is 0.475 e. The zero-order chi connectivity index (χ0) is 12.2. The van der Waals surface area contributed by atoms with E-state index in [1.165, 1.54) is 0 Å². The first kappa shape index (κ1) is 13.0. The van der Waals surface area contributed by atoms with E-state index in [1.54, 1.807) is 0 Å². The number of aromatic nitrogens is 1. The number of aryl methyl sites for hydroxylation is 1. The lowest BCUT2D eigenvalue weighted by Gasteiger charge is -2.18. The monoisotopic (exact) mass is 222 g/mol. The van der Waals surface area contributed by atoms with Crippen molar-refractivity contribution in [3.05, 3.63) is 23.9 Å². The van der Waals surface area contributed by atoms with Crippen LogP contribution in [0.4, 0.5) is 0 Å². The highest BCUT2D eigenvalue weighted by Gasteiger charge is 2.11. The summed E-state index contributed by atoms with van der Waals surface area (Å²) in [4.78, 5) is 4.44. The Bertz CT molecular complexity index is 329. The van der Waals surface area contributed by atoms with E-state index in [9.17, 15) is 0 Å². The molecule has 0 unspecified atom stereocenters. The van der Waals surface area contributed by atoms with Crippen LogP contribution in [-0.2, 0) is 6.42 Å². The highest BCUT2D eigenvalue weighted by molar-refractivity contribution is 5.16. The maximum atomic E-state index is 5.94. The quantitative estimate of drug-likeness (QED) is 0.832. The predicted molar refractivity (Wildman–Crippen MR) is 66.6 cm³/mol. The molecule has 2 N–H and O–H groups in total. The van der Waals surface area contributed by atoms with Gasteiger partial charge in [0.2, 0.25) is 5.88 Å². The highest BCUT2D eigenvalue weighted by atomic mass is 16.5. The summed E-state index contributed by atoms with van der Waals surface area (Å²) in [7, 11) is 0. The van der Waals surface area contributed by atoms with Crippen molar-refractivity contribution in [1.82, 2.24) is 4.98 Å². The Balaban J connectivity index is 2.60. The number of hydrogen-bond acceptors (Lipinski definition) is 3. The molecule has 0 aliphatic carbocycles. The second-order valence-electron chi connectivity index (χ2n) is 5.12. The van der Waals surface area contributed by atoms with E-state index < -0.39 is 0 Å². The minimum atomic E-state index is -0.142. The molecule has 0 aromatic carbocycles. The third-order valence-corrected chi connectivity index (χ3v) is 2.16. The van der Waals surface area contributed by atoms with Crippen molar-refractivity contribution < 1.29 is 4.74 Å². The zero-order valence-electron chi connectivity index (χ0n) is 10.7. The van der Waals surface area contributed by atoms with E-state index in [4.69, 9.17) is 10.5 Å². The molecule has 0 saturated carbocycles. The van der Waals surface area contributed by atoms with Crippen molar-refractivity contribution in [2.75, 3.05) is 0 Å². The molecule has 90 valence electrons. The Morgan fingerprint density at radius 2 is 2.06 bits per heavy atom. The van der Waals surface area contributed by atoms with Crippen LogP contribution in [0.15, 0.2) is 18.2 Å². The van der Waals surface area contributed by atoms with Gasteiger partial charge in [-0.3, -0.25) is 0 Å². The standard InChI is InChI=1S/C13H22N2O/c1-10(2)16-12-7-5-6-11(15-12)8-9-13(3,4)14/h5-7,10H,8-9,14H2,1-4H3. The molecule has 16 heavy (non-hydrogen) atoms. The molecule has 0 aliphatic heterocycles. The number of ether oxygens (including phenoxy) is 1. The van der Waals surface area contributed by atoms with Crippen LogP contribution < -0.4 is 10.5 Å². The first-order valence-corrected chi connectivity index (χ1v) is 5.78. The van der Waals surface area contributed by atoms with Crippen LogP contribution in [0.3, 0.4) is 0 Å². The molecule has 0 spiro atoms. The lowest BCUT2D eigenvalue weighted by molar-refractivity contribution is 0.232. The van der Waals surface area contributed by atoms with Gasteiger partial charge < -0.3 is 10.5 Å². The molecule has 0 fully saturated rings. The first-order valence-electron chi connectivity index (χ1n) is 5.78. The molecule has 1 aromatic heterocycles. The summed E-state index contributed by atoms with van der Waals surface area (Å²) in [5.74, 6) is 0.697. The molecule has 0 saturated heterocycles. The molecule has 1 heterocycles. The van der Waals surface area contributed by atoms with Gasteiger partial charge in [-0.15, -0.1) is 0 Å². The van der Waals surface area contributed by atoms with Gasteiger partial charge in [0.15, 0.2) is 0 Å². The highest BCUT2D eigenvalue weighted by Crippen LogP contribution is 2.13. The molecular formula is C13H22N2O. The van der Waals surface area contributed by atoms with Gasteiger partial charge in [0.1, 0.15) is 0 Å². The number of nitrogens with zero attached hydrogens (tertiary/aromatic N) is 1. The summed E-state index contributed by atoms with van der Waals surface area (Å²) in [5.41, 5.74) is 6.84. The molecule has 1 aromatic rings. The van der Waals surface area contributed by atoms with Gasteiger partial charge in [0.25, 0.3) is 0 Å².